The Balaban J connectivity index is 1.59. The minimum atomic E-state index is -2.40. The summed E-state index contributed by atoms with van der Waals surface area (Å²) in [6.07, 6.45) is 4.69. The molecule has 0 radical (unpaired) electrons. The lowest BCUT2D eigenvalue weighted by Gasteiger charge is -2.41. The lowest BCUT2D eigenvalue weighted by atomic mass is 9.81. The van der Waals surface area contributed by atoms with Crippen LogP contribution in [-0.2, 0) is 12.5 Å². The van der Waals surface area contributed by atoms with Gasteiger partial charge >= 0.3 is 0 Å². The van der Waals surface area contributed by atoms with Crippen LogP contribution >= 0.6 is 11.6 Å². The third-order valence-corrected chi connectivity index (χ3v) is 6.30. The van der Waals surface area contributed by atoms with Gasteiger partial charge in [-0.05, 0) is 30.5 Å². The molecule has 1 aliphatic heterocycles. The van der Waals surface area contributed by atoms with Gasteiger partial charge in [-0.15, -0.1) is 0 Å². The Morgan fingerprint density at radius 1 is 1.21 bits per heavy atom. The van der Waals surface area contributed by atoms with Gasteiger partial charge in [0.2, 0.25) is 0 Å². The van der Waals surface area contributed by atoms with Crippen LogP contribution in [0.3, 0.4) is 0 Å². The van der Waals surface area contributed by atoms with Gasteiger partial charge in [-0.25, -0.2) is 0 Å². The fraction of sp³-hybridized carbons (Fsp3) is 0.273. The SMILES string of the molecule is [2H]C([2H])([2H])n1ncc2c(Cl)c(-c3ccn[nH]3)c(N3CCC(N)(c4ccccc4)CC3)cc21. The quantitative estimate of drug-likeness (QED) is 0.534. The van der Waals surface area contributed by atoms with Crippen molar-refractivity contribution >= 4 is 28.2 Å². The smallest absolute Gasteiger partial charge is 0.0715 e. The molecule has 4 aromatic rings. The predicted molar refractivity (Wildman–Crippen MR) is 117 cm³/mol. The molecule has 0 bridgehead atoms. The van der Waals surface area contributed by atoms with Gasteiger partial charge in [0.15, 0.2) is 0 Å². The third kappa shape index (κ3) is 2.99. The average Bonchev–Trinajstić information content (AvgIpc) is 3.45. The average molecular weight is 410 g/mol. The van der Waals surface area contributed by atoms with Gasteiger partial charge in [0.05, 0.1) is 22.4 Å². The van der Waals surface area contributed by atoms with E-state index in [1.807, 2.05) is 30.3 Å². The Hall–Kier alpha value is -2.83. The molecule has 1 aliphatic rings. The number of aromatic amines is 1. The lowest BCUT2D eigenvalue weighted by Crippen LogP contribution is -2.48. The van der Waals surface area contributed by atoms with Crippen molar-refractivity contribution in [1.29, 1.82) is 0 Å². The summed E-state index contributed by atoms with van der Waals surface area (Å²) in [6.45, 7) is -0.994. The number of anilines is 1. The van der Waals surface area contributed by atoms with Crippen LogP contribution < -0.4 is 10.6 Å². The highest BCUT2D eigenvalue weighted by molar-refractivity contribution is 6.39. The van der Waals surface area contributed by atoms with Crippen molar-refractivity contribution in [2.24, 2.45) is 12.7 Å². The van der Waals surface area contributed by atoms with Crippen LogP contribution in [0.15, 0.2) is 54.9 Å². The molecule has 0 spiro atoms. The second-order valence-electron chi connectivity index (χ2n) is 7.55. The highest BCUT2D eigenvalue weighted by Crippen LogP contribution is 2.43. The first-order chi connectivity index (χ1) is 15.3. The monoisotopic (exact) mass is 409 g/mol. The molecule has 0 saturated carbocycles. The van der Waals surface area contributed by atoms with Crippen molar-refractivity contribution in [1.82, 2.24) is 20.0 Å². The Labute approximate surface area is 178 Å². The number of nitrogens with two attached hydrogens (primary N) is 1. The number of halogens is 1. The molecule has 7 heteroatoms. The maximum atomic E-state index is 7.84. The minimum Gasteiger partial charge on any atom is -0.371 e. The third-order valence-electron chi connectivity index (χ3n) is 5.91. The predicted octanol–water partition coefficient (Wildman–Crippen LogP) is 4.07. The van der Waals surface area contributed by atoms with Crippen LogP contribution in [0, 0.1) is 0 Å². The number of hydrogen-bond donors (Lipinski definition) is 2. The molecule has 5 rings (SSSR count). The molecule has 0 amide bonds. The van der Waals surface area contributed by atoms with Gasteiger partial charge in [-0.1, -0.05) is 41.9 Å². The number of hydrogen-bond acceptors (Lipinski definition) is 4. The van der Waals surface area contributed by atoms with Gasteiger partial charge in [0, 0.05) is 52.6 Å². The van der Waals surface area contributed by atoms with Crippen molar-refractivity contribution in [2.45, 2.75) is 18.4 Å². The van der Waals surface area contributed by atoms with E-state index in [1.54, 1.807) is 6.20 Å². The summed E-state index contributed by atoms with van der Waals surface area (Å²) in [5, 5.41) is 12.2. The second-order valence-corrected chi connectivity index (χ2v) is 7.93. The zero-order valence-electron chi connectivity index (χ0n) is 18.8. The Morgan fingerprint density at radius 2 is 2.00 bits per heavy atom. The topological polar surface area (TPSA) is 75.8 Å². The maximum Gasteiger partial charge on any atom is 0.0715 e. The molecular formula is C22H23ClN6. The first-order valence-electron chi connectivity index (χ1n) is 11.1. The van der Waals surface area contributed by atoms with Gasteiger partial charge < -0.3 is 10.6 Å². The molecule has 1 saturated heterocycles. The van der Waals surface area contributed by atoms with Crippen molar-refractivity contribution in [2.75, 3.05) is 18.0 Å². The number of fused-ring (bicyclic) bond motifs is 1. The van der Waals surface area contributed by atoms with E-state index in [2.05, 4.69) is 32.3 Å². The van der Waals surface area contributed by atoms with Crippen LogP contribution in [0.1, 0.15) is 22.5 Å². The molecule has 29 heavy (non-hydrogen) atoms. The van der Waals surface area contributed by atoms with E-state index < -0.39 is 12.5 Å². The maximum absolute atomic E-state index is 7.84. The molecule has 3 N–H and O–H groups in total. The summed E-state index contributed by atoms with van der Waals surface area (Å²) in [4.78, 5) is 2.21. The first-order valence-corrected chi connectivity index (χ1v) is 9.95. The summed E-state index contributed by atoms with van der Waals surface area (Å²) in [5.74, 6) is 0. The molecule has 0 unspecified atom stereocenters. The number of H-pyrrole nitrogens is 1. The van der Waals surface area contributed by atoms with E-state index in [0.717, 1.165) is 40.0 Å². The van der Waals surface area contributed by atoms with E-state index in [0.29, 0.717) is 29.0 Å². The van der Waals surface area contributed by atoms with E-state index in [4.69, 9.17) is 21.4 Å². The standard InChI is InChI=1S/C22H23ClN6/c1-28-18-13-19(20(17-7-10-25-27-17)21(23)16(18)14-26-28)29-11-8-22(24,9-12-29)15-5-3-2-4-6-15/h2-7,10,13-14H,8-9,11-12,24H2,1H3,(H,25,27)/i1D3. The zero-order chi connectivity index (χ0) is 22.5. The van der Waals surface area contributed by atoms with E-state index in [9.17, 15) is 0 Å². The number of aryl methyl sites for hydroxylation is 1. The van der Waals surface area contributed by atoms with Crippen LogP contribution in [0.2, 0.25) is 5.02 Å². The number of aromatic nitrogens is 4. The molecule has 1 fully saturated rings. The van der Waals surface area contributed by atoms with Gasteiger partial charge in [0.25, 0.3) is 0 Å². The highest BCUT2D eigenvalue weighted by atomic mass is 35.5. The minimum absolute atomic E-state index is 0.403. The Morgan fingerprint density at radius 3 is 2.69 bits per heavy atom. The highest BCUT2D eigenvalue weighted by Gasteiger charge is 2.33. The van der Waals surface area contributed by atoms with E-state index in [-0.39, 0.29) is 0 Å². The second kappa shape index (κ2) is 6.90. The molecular weight excluding hydrogens is 384 g/mol. The van der Waals surface area contributed by atoms with Crippen molar-refractivity contribution < 1.29 is 4.11 Å². The Bertz CT molecular complexity index is 1240. The van der Waals surface area contributed by atoms with Crippen LogP contribution in [0.5, 0.6) is 0 Å². The van der Waals surface area contributed by atoms with Crippen LogP contribution in [-0.4, -0.2) is 33.1 Å². The zero-order valence-corrected chi connectivity index (χ0v) is 16.5. The summed E-state index contributed by atoms with van der Waals surface area (Å²) in [7, 11) is 0. The molecule has 0 aliphatic carbocycles. The van der Waals surface area contributed by atoms with Crippen molar-refractivity contribution in [3.05, 3.63) is 65.4 Å². The first kappa shape index (κ1) is 15.1. The Kier molecular flexibility index (Phi) is 3.58. The van der Waals surface area contributed by atoms with Crippen LogP contribution in [0.4, 0.5) is 5.69 Å². The number of nitrogens with zero attached hydrogens (tertiary/aromatic N) is 4. The summed E-state index contributed by atoms with van der Waals surface area (Å²) >= 11 is 6.84. The van der Waals surface area contributed by atoms with E-state index >= 15 is 0 Å². The van der Waals surface area contributed by atoms with Gasteiger partial charge in [-0.2, -0.15) is 10.2 Å². The fourth-order valence-electron chi connectivity index (χ4n) is 4.22. The molecule has 148 valence electrons. The summed E-state index contributed by atoms with van der Waals surface area (Å²) < 4.78 is 24.6. The molecule has 2 aromatic carbocycles. The summed E-state index contributed by atoms with van der Waals surface area (Å²) in [5.41, 5.74) is 10.4. The number of piperidine rings is 1. The molecule has 2 aromatic heterocycles. The van der Waals surface area contributed by atoms with E-state index in [1.165, 1.54) is 6.20 Å². The number of nitrogens with one attached hydrogen (secondary N) is 1. The number of rotatable bonds is 3. The number of benzene rings is 2. The van der Waals surface area contributed by atoms with Crippen molar-refractivity contribution in [3.63, 3.8) is 0 Å². The molecule has 6 nitrogen and oxygen atoms in total. The fourth-order valence-corrected chi connectivity index (χ4v) is 4.57. The van der Waals surface area contributed by atoms with Gasteiger partial charge in [0.1, 0.15) is 0 Å². The molecule has 3 heterocycles. The van der Waals surface area contributed by atoms with Gasteiger partial charge in [-0.3, -0.25) is 9.78 Å². The normalized spacial score (nSPS) is 18.4. The largest absolute Gasteiger partial charge is 0.371 e. The molecule has 0 atom stereocenters. The van der Waals surface area contributed by atoms with Crippen molar-refractivity contribution in [3.8, 4) is 11.3 Å². The lowest BCUT2D eigenvalue weighted by molar-refractivity contribution is 0.343. The summed E-state index contributed by atoms with van der Waals surface area (Å²) in [6, 6.07) is 13.9. The van der Waals surface area contributed by atoms with Crippen LogP contribution in [0.25, 0.3) is 22.2 Å².